The van der Waals surface area contributed by atoms with E-state index in [2.05, 4.69) is 24.1 Å². The number of carbonyl (C=O) groups excluding carboxylic acids is 1. The molecule has 132 valence electrons. The fourth-order valence-electron chi connectivity index (χ4n) is 3.71. The van der Waals surface area contributed by atoms with Gasteiger partial charge in [0.05, 0.1) is 0 Å². The van der Waals surface area contributed by atoms with Gasteiger partial charge < -0.3 is 19.9 Å². The van der Waals surface area contributed by atoms with Crippen molar-refractivity contribution in [3.05, 3.63) is 29.8 Å². The van der Waals surface area contributed by atoms with Crippen molar-refractivity contribution in [3.8, 4) is 5.75 Å². The van der Waals surface area contributed by atoms with E-state index in [1.54, 1.807) is 0 Å². The number of nitrogens with one attached hydrogen (secondary N) is 1. The van der Waals surface area contributed by atoms with Crippen molar-refractivity contribution in [2.75, 3.05) is 40.3 Å². The third-order valence-corrected chi connectivity index (χ3v) is 5.61. The zero-order valence-corrected chi connectivity index (χ0v) is 15.2. The van der Waals surface area contributed by atoms with E-state index < -0.39 is 0 Å². The lowest BCUT2D eigenvalue weighted by molar-refractivity contribution is 0.195. The molecule has 1 N–H and O–H groups in total. The molecule has 0 unspecified atom stereocenters. The summed E-state index contributed by atoms with van der Waals surface area (Å²) >= 11 is 0. The molecule has 2 atom stereocenters. The fourth-order valence-corrected chi connectivity index (χ4v) is 3.71. The molecule has 1 heterocycles. The minimum atomic E-state index is 0.0427. The predicted octanol–water partition coefficient (Wildman–Crippen LogP) is 2.42. The van der Waals surface area contributed by atoms with Crippen LogP contribution >= 0.6 is 0 Å². The Morgan fingerprint density at radius 3 is 2.62 bits per heavy atom. The lowest BCUT2D eigenvalue weighted by Gasteiger charge is -2.22. The van der Waals surface area contributed by atoms with Crippen molar-refractivity contribution in [2.24, 2.45) is 17.3 Å². The fraction of sp³-hybridized carbons (Fsp3) is 0.632. The van der Waals surface area contributed by atoms with Crippen molar-refractivity contribution in [1.82, 2.24) is 15.1 Å². The Balaban J connectivity index is 1.49. The number of likely N-dealkylation sites (N-methyl/N-ethyl adjacent to an activating group) is 1. The van der Waals surface area contributed by atoms with Gasteiger partial charge >= 0.3 is 6.03 Å². The molecule has 1 saturated heterocycles. The zero-order valence-electron chi connectivity index (χ0n) is 15.2. The molecule has 0 spiro atoms. The largest absolute Gasteiger partial charge is 0.492 e. The van der Waals surface area contributed by atoms with Crippen molar-refractivity contribution in [2.45, 2.75) is 20.4 Å². The Bertz CT molecular complexity index is 586. The molecule has 1 aromatic rings. The van der Waals surface area contributed by atoms with Gasteiger partial charge in [-0.05, 0) is 37.4 Å². The Morgan fingerprint density at radius 2 is 1.96 bits per heavy atom. The van der Waals surface area contributed by atoms with Gasteiger partial charge in [-0.25, -0.2) is 4.79 Å². The summed E-state index contributed by atoms with van der Waals surface area (Å²) in [6, 6.07) is 7.96. The van der Waals surface area contributed by atoms with Crippen LogP contribution in [0.15, 0.2) is 24.3 Å². The SMILES string of the molecule is CN(C)CCOc1ccccc1CNC(=O)N1C[C@@H]2[C@H](C1)C2(C)C. The maximum atomic E-state index is 12.4. The molecule has 1 aliphatic heterocycles. The van der Waals surface area contributed by atoms with Gasteiger partial charge in [-0.1, -0.05) is 32.0 Å². The van der Waals surface area contributed by atoms with Gasteiger partial charge in [0.15, 0.2) is 0 Å². The number of fused-ring (bicyclic) bond motifs is 1. The lowest BCUT2D eigenvalue weighted by atomic mass is 10.1. The number of urea groups is 1. The molecule has 1 saturated carbocycles. The number of amides is 2. The minimum absolute atomic E-state index is 0.0427. The van der Waals surface area contributed by atoms with E-state index in [9.17, 15) is 4.79 Å². The highest BCUT2D eigenvalue weighted by Gasteiger charge is 2.62. The molecule has 0 bridgehead atoms. The molecule has 1 aromatic carbocycles. The summed E-state index contributed by atoms with van der Waals surface area (Å²) < 4.78 is 5.85. The monoisotopic (exact) mass is 331 g/mol. The highest BCUT2D eigenvalue weighted by molar-refractivity contribution is 5.75. The molecule has 2 aliphatic rings. The van der Waals surface area contributed by atoms with E-state index in [-0.39, 0.29) is 6.03 Å². The van der Waals surface area contributed by atoms with Crippen LogP contribution in [0.25, 0.3) is 0 Å². The number of nitrogens with zero attached hydrogens (tertiary/aromatic N) is 2. The van der Waals surface area contributed by atoms with Crippen molar-refractivity contribution in [3.63, 3.8) is 0 Å². The molecule has 5 heteroatoms. The number of rotatable bonds is 6. The highest BCUT2D eigenvalue weighted by Crippen LogP contribution is 2.61. The van der Waals surface area contributed by atoms with Gasteiger partial charge in [0.1, 0.15) is 12.4 Å². The summed E-state index contributed by atoms with van der Waals surface area (Å²) in [5.41, 5.74) is 1.46. The Morgan fingerprint density at radius 1 is 1.29 bits per heavy atom. The van der Waals surface area contributed by atoms with Crippen LogP contribution in [-0.4, -0.2) is 56.2 Å². The van der Waals surface area contributed by atoms with Gasteiger partial charge in [-0.15, -0.1) is 0 Å². The molecule has 3 rings (SSSR count). The molecule has 0 aromatic heterocycles. The van der Waals surface area contributed by atoms with E-state index in [1.807, 2.05) is 43.3 Å². The standard InChI is InChI=1S/C19H29N3O2/c1-19(2)15-12-22(13-16(15)19)18(23)20-11-14-7-5-6-8-17(14)24-10-9-21(3)4/h5-8,15-16H,9-13H2,1-4H3,(H,20,23)/t15-,16+. The molecule has 0 radical (unpaired) electrons. The average Bonchev–Trinajstić information content (AvgIpc) is 2.91. The van der Waals surface area contributed by atoms with Gasteiger partial charge in [-0.2, -0.15) is 0 Å². The zero-order chi connectivity index (χ0) is 17.3. The number of likely N-dealkylation sites (tertiary alicyclic amines) is 1. The second-order valence-electron chi connectivity index (χ2n) is 7.86. The summed E-state index contributed by atoms with van der Waals surface area (Å²) in [6.45, 7) is 8.41. The highest BCUT2D eigenvalue weighted by atomic mass is 16.5. The summed E-state index contributed by atoms with van der Waals surface area (Å²) in [6.07, 6.45) is 0. The first kappa shape index (κ1) is 17.1. The molecular formula is C19H29N3O2. The van der Waals surface area contributed by atoms with E-state index in [0.29, 0.717) is 30.4 Å². The van der Waals surface area contributed by atoms with Gasteiger partial charge in [0.2, 0.25) is 0 Å². The second-order valence-corrected chi connectivity index (χ2v) is 7.86. The maximum Gasteiger partial charge on any atom is 0.317 e. The lowest BCUT2D eigenvalue weighted by Crippen LogP contribution is -2.40. The van der Waals surface area contributed by atoms with Gasteiger partial charge in [0.25, 0.3) is 0 Å². The van der Waals surface area contributed by atoms with Crippen LogP contribution in [0.2, 0.25) is 0 Å². The molecule has 2 amide bonds. The van der Waals surface area contributed by atoms with Crippen LogP contribution in [0.4, 0.5) is 4.79 Å². The summed E-state index contributed by atoms with van der Waals surface area (Å²) in [5, 5.41) is 3.05. The number of ether oxygens (including phenoxy) is 1. The quantitative estimate of drug-likeness (QED) is 0.871. The Kier molecular flexibility index (Phi) is 4.72. The number of carbonyl (C=O) groups is 1. The molecular weight excluding hydrogens is 302 g/mol. The Hall–Kier alpha value is -1.75. The molecule has 1 aliphatic carbocycles. The van der Waals surface area contributed by atoms with Gasteiger partial charge in [-0.3, -0.25) is 0 Å². The van der Waals surface area contributed by atoms with Crippen molar-refractivity contribution >= 4 is 6.03 Å². The van der Waals surface area contributed by atoms with Crippen LogP contribution in [-0.2, 0) is 6.54 Å². The summed E-state index contributed by atoms with van der Waals surface area (Å²) in [7, 11) is 4.05. The molecule has 2 fully saturated rings. The van der Waals surface area contributed by atoms with Crippen LogP contribution in [0.5, 0.6) is 5.75 Å². The average molecular weight is 331 g/mol. The van der Waals surface area contributed by atoms with Crippen LogP contribution in [0.1, 0.15) is 19.4 Å². The number of hydrogen-bond donors (Lipinski definition) is 1. The topological polar surface area (TPSA) is 44.8 Å². The number of hydrogen-bond acceptors (Lipinski definition) is 3. The molecule has 5 nitrogen and oxygen atoms in total. The second kappa shape index (κ2) is 6.63. The number of piperidine rings is 1. The van der Waals surface area contributed by atoms with Crippen LogP contribution in [0.3, 0.4) is 0 Å². The van der Waals surface area contributed by atoms with E-state index in [4.69, 9.17) is 4.74 Å². The van der Waals surface area contributed by atoms with E-state index in [0.717, 1.165) is 30.9 Å². The third kappa shape index (κ3) is 3.51. The number of para-hydroxylation sites is 1. The predicted molar refractivity (Wildman–Crippen MR) is 95.1 cm³/mol. The number of benzene rings is 1. The summed E-state index contributed by atoms with van der Waals surface area (Å²) in [5.74, 6) is 2.22. The van der Waals surface area contributed by atoms with Crippen LogP contribution in [0, 0.1) is 17.3 Å². The Labute approximate surface area is 145 Å². The van der Waals surface area contributed by atoms with Crippen molar-refractivity contribution in [1.29, 1.82) is 0 Å². The first-order valence-electron chi connectivity index (χ1n) is 8.78. The van der Waals surface area contributed by atoms with E-state index in [1.165, 1.54) is 0 Å². The van der Waals surface area contributed by atoms with Crippen molar-refractivity contribution < 1.29 is 9.53 Å². The van der Waals surface area contributed by atoms with E-state index >= 15 is 0 Å². The normalized spacial score (nSPS) is 24.0. The third-order valence-electron chi connectivity index (χ3n) is 5.61. The first-order valence-corrected chi connectivity index (χ1v) is 8.78. The van der Waals surface area contributed by atoms with Crippen LogP contribution < -0.4 is 10.1 Å². The van der Waals surface area contributed by atoms with Gasteiger partial charge in [0, 0.05) is 31.7 Å². The first-order chi connectivity index (χ1) is 11.4. The summed E-state index contributed by atoms with van der Waals surface area (Å²) in [4.78, 5) is 16.4. The minimum Gasteiger partial charge on any atom is -0.492 e. The smallest absolute Gasteiger partial charge is 0.317 e. The molecule has 24 heavy (non-hydrogen) atoms. The maximum absolute atomic E-state index is 12.4.